The molecule has 0 atom stereocenters. The first-order valence-corrected chi connectivity index (χ1v) is 5.95. The fourth-order valence-corrected chi connectivity index (χ4v) is 2.01. The first-order valence-electron chi connectivity index (χ1n) is 5.95. The van der Waals surface area contributed by atoms with Crippen LogP contribution in [-0.4, -0.2) is 24.7 Å². The van der Waals surface area contributed by atoms with E-state index < -0.39 is 11.7 Å². The number of nitrogen functional groups attached to an aromatic ring is 1. The van der Waals surface area contributed by atoms with Crippen LogP contribution in [0.15, 0.2) is 18.2 Å². The summed E-state index contributed by atoms with van der Waals surface area (Å²) in [6, 6.07) is 3.99. The Morgan fingerprint density at radius 1 is 1.44 bits per heavy atom. The number of carbonyl (C=O) groups excluding carboxylic acids is 1. The molecule has 1 fully saturated rings. The van der Waals surface area contributed by atoms with E-state index in [1.807, 2.05) is 6.92 Å². The molecule has 4 nitrogen and oxygen atoms in total. The second-order valence-corrected chi connectivity index (χ2v) is 4.87. The lowest BCUT2D eigenvalue weighted by Crippen LogP contribution is -2.49. The summed E-state index contributed by atoms with van der Waals surface area (Å²) in [7, 11) is 0. The van der Waals surface area contributed by atoms with Crippen LogP contribution in [0, 0.1) is 5.82 Å². The molecule has 0 saturated carbocycles. The lowest BCUT2D eigenvalue weighted by atomic mass is 9.92. The Morgan fingerprint density at radius 2 is 2.11 bits per heavy atom. The second kappa shape index (κ2) is 4.94. The summed E-state index contributed by atoms with van der Waals surface area (Å²) in [6.45, 7) is 3.16. The third-order valence-electron chi connectivity index (χ3n) is 3.25. The summed E-state index contributed by atoms with van der Waals surface area (Å²) in [5.74, 6) is -0.985. The third-order valence-corrected chi connectivity index (χ3v) is 3.25. The van der Waals surface area contributed by atoms with Crippen LogP contribution in [0.5, 0.6) is 0 Å². The lowest BCUT2D eigenvalue weighted by Gasteiger charge is -2.34. The number of carbonyl (C=O) groups is 1. The third kappa shape index (κ3) is 2.79. The number of hydrogen-bond acceptors (Lipinski definition) is 3. The molecule has 1 heterocycles. The molecule has 3 N–H and O–H groups in total. The molecular weight excluding hydrogens is 235 g/mol. The summed E-state index contributed by atoms with van der Waals surface area (Å²) in [4.78, 5) is 12.0. The summed E-state index contributed by atoms with van der Waals surface area (Å²) >= 11 is 0. The normalized spacial score (nSPS) is 18.3. The maximum Gasteiger partial charge on any atom is 0.254 e. The van der Waals surface area contributed by atoms with Crippen molar-refractivity contribution < 1.29 is 13.9 Å². The van der Waals surface area contributed by atoms with E-state index in [2.05, 4.69) is 5.32 Å². The van der Waals surface area contributed by atoms with Crippen LogP contribution in [0.1, 0.15) is 30.1 Å². The molecule has 0 radical (unpaired) electrons. The van der Waals surface area contributed by atoms with Crippen molar-refractivity contribution in [2.75, 3.05) is 18.9 Å². The molecule has 1 amide bonds. The molecule has 0 aliphatic carbocycles. The zero-order chi connectivity index (χ0) is 13.2. The second-order valence-electron chi connectivity index (χ2n) is 4.87. The van der Waals surface area contributed by atoms with Crippen molar-refractivity contribution in [2.45, 2.75) is 25.3 Å². The van der Waals surface area contributed by atoms with Crippen LogP contribution in [0.3, 0.4) is 0 Å². The van der Waals surface area contributed by atoms with E-state index in [0.717, 1.165) is 12.8 Å². The van der Waals surface area contributed by atoms with Crippen molar-refractivity contribution in [1.29, 1.82) is 0 Å². The number of nitrogens with two attached hydrogens (primary N) is 1. The van der Waals surface area contributed by atoms with Crippen LogP contribution in [0.2, 0.25) is 0 Å². The minimum absolute atomic E-state index is 0.0114. The number of anilines is 1. The highest BCUT2D eigenvalue weighted by atomic mass is 19.1. The van der Waals surface area contributed by atoms with Crippen molar-refractivity contribution in [3.8, 4) is 0 Å². The zero-order valence-corrected chi connectivity index (χ0v) is 10.3. The number of hydrogen-bond donors (Lipinski definition) is 2. The fraction of sp³-hybridized carbons (Fsp3) is 0.462. The predicted molar refractivity (Wildman–Crippen MR) is 66.7 cm³/mol. The summed E-state index contributed by atoms with van der Waals surface area (Å²) in [6.07, 6.45) is 1.45. The number of nitrogens with one attached hydrogen (secondary N) is 1. The van der Waals surface area contributed by atoms with Gasteiger partial charge in [-0.15, -0.1) is 0 Å². The van der Waals surface area contributed by atoms with E-state index in [9.17, 15) is 9.18 Å². The van der Waals surface area contributed by atoms with Gasteiger partial charge < -0.3 is 15.8 Å². The van der Waals surface area contributed by atoms with Gasteiger partial charge in [-0.25, -0.2) is 4.39 Å². The molecule has 1 aliphatic rings. The minimum atomic E-state index is -0.558. The van der Waals surface area contributed by atoms with Gasteiger partial charge >= 0.3 is 0 Å². The van der Waals surface area contributed by atoms with Crippen molar-refractivity contribution in [1.82, 2.24) is 5.32 Å². The van der Waals surface area contributed by atoms with Gasteiger partial charge in [0.2, 0.25) is 0 Å². The first-order chi connectivity index (χ1) is 8.50. The van der Waals surface area contributed by atoms with Gasteiger partial charge in [0.05, 0.1) is 5.56 Å². The van der Waals surface area contributed by atoms with Crippen LogP contribution in [-0.2, 0) is 4.74 Å². The summed E-state index contributed by atoms with van der Waals surface area (Å²) < 4.78 is 18.8. The van der Waals surface area contributed by atoms with E-state index in [1.54, 1.807) is 0 Å². The van der Waals surface area contributed by atoms with Crippen molar-refractivity contribution >= 4 is 11.6 Å². The van der Waals surface area contributed by atoms with Gasteiger partial charge in [-0.2, -0.15) is 0 Å². The zero-order valence-electron chi connectivity index (χ0n) is 10.3. The van der Waals surface area contributed by atoms with E-state index >= 15 is 0 Å². The molecule has 0 bridgehead atoms. The summed E-state index contributed by atoms with van der Waals surface area (Å²) in [5.41, 5.74) is 5.59. The van der Waals surface area contributed by atoms with Crippen molar-refractivity contribution in [2.24, 2.45) is 0 Å². The molecule has 0 aromatic heterocycles. The van der Waals surface area contributed by atoms with Crippen LogP contribution >= 0.6 is 0 Å². The van der Waals surface area contributed by atoms with Crippen LogP contribution in [0.4, 0.5) is 10.1 Å². The standard InChI is InChI=1S/C13H17FN2O2/c1-13(4-6-18-7-5-13)16-12(17)10-8-9(15)2-3-11(10)14/h2-3,8H,4-7,15H2,1H3,(H,16,17). The summed E-state index contributed by atoms with van der Waals surface area (Å²) in [5, 5.41) is 2.87. The Bertz CT molecular complexity index is 456. The van der Waals surface area contributed by atoms with Gasteiger partial charge in [-0.1, -0.05) is 0 Å². The molecular formula is C13H17FN2O2. The van der Waals surface area contributed by atoms with E-state index in [1.165, 1.54) is 18.2 Å². The van der Waals surface area contributed by atoms with Crippen LogP contribution < -0.4 is 11.1 Å². The molecule has 1 aromatic carbocycles. The van der Waals surface area contributed by atoms with E-state index in [0.29, 0.717) is 18.9 Å². The Morgan fingerprint density at radius 3 is 2.78 bits per heavy atom. The molecule has 98 valence electrons. The van der Waals surface area contributed by atoms with E-state index in [-0.39, 0.29) is 11.1 Å². The largest absolute Gasteiger partial charge is 0.399 e. The van der Waals surface area contributed by atoms with Crippen LogP contribution in [0.25, 0.3) is 0 Å². The highest BCUT2D eigenvalue weighted by Gasteiger charge is 2.30. The lowest BCUT2D eigenvalue weighted by molar-refractivity contribution is 0.0422. The maximum absolute atomic E-state index is 13.6. The average molecular weight is 252 g/mol. The van der Waals surface area contributed by atoms with Crippen molar-refractivity contribution in [3.05, 3.63) is 29.6 Å². The van der Waals surface area contributed by atoms with Gasteiger partial charge in [-0.3, -0.25) is 4.79 Å². The smallest absolute Gasteiger partial charge is 0.254 e. The molecule has 5 heteroatoms. The molecule has 1 aliphatic heterocycles. The Labute approximate surface area is 105 Å². The van der Waals surface area contributed by atoms with Gasteiger partial charge in [0.25, 0.3) is 5.91 Å². The molecule has 0 spiro atoms. The number of ether oxygens (including phenoxy) is 1. The number of halogens is 1. The topological polar surface area (TPSA) is 64.4 Å². The molecule has 18 heavy (non-hydrogen) atoms. The number of benzene rings is 1. The van der Waals surface area contributed by atoms with Gasteiger partial charge in [-0.05, 0) is 38.0 Å². The number of amides is 1. The minimum Gasteiger partial charge on any atom is -0.399 e. The van der Waals surface area contributed by atoms with E-state index in [4.69, 9.17) is 10.5 Å². The Hall–Kier alpha value is -1.62. The number of rotatable bonds is 2. The van der Waals surface area contributed by atoms with Crippen molar-refractivity contribution in [3.63, 3.8) is 0 Å². The Kier molecular flexibility index (Phi) is 3.52. The quantitative estimate of drug-likeness (QED) is 0.787. The first kappa shape index (κ1) is 12.8. The molecule has 0 unspecified atom stereocenters. The monoisotopic (exact) mass is 252 g/mol. The van der Waals surface area contributed by atoms with Gasteiger partial charge in [0, 0.05) is 24.4 Å². The van der Waals surface area contributed by atoms with Gasteiger partial charge in [0.15, 0.2) is 0 Å². The predicted octanol–water partition coefficient (Wildman–Crippen LogP) is 1.71. The fourth-order valence-electron chi connectivity index (χ4n) is 2.01. The highest BCUT2D eigenvalue weighted by molar-refractivity contribution is 5.95. The average Bonchev–Trinajstić information content (AvgIpc) is 2.32. The highest BCUT2D eigenvalue weighted by Crippen LogP contribution is 2.21. The Balaban J connectivity index is 2.14. The maximum atomic E-state index is 13.6. The molecule has 1 aromatic rings. The molecule has 1 saturated heterocycles. The molecule has 2 rings (SSSR count). The SMILES string of the molecule is CC1(NC(=O)c2cc(N)ccc2F)CCOCC1. The van der Waals surface area contributed by atoms with Gasteiger partial charge in [0.1, 0.15) is 5.82 Å².